The number of unbranched alkanes of at least 4 members (excludes halogenated alkanes) is 2. The van der Waals surface area contributed by atoms with E-state index in [1.54, 1.807) is 41.3 Å². The van der Waals surface area contributed by atoms with E-state index >= 15 is 0 Å². The molecule has 0 N–H and O–H groups in total. The van der Waals surface area contributed by atoms with Gasteiger partial charge in [0, 0.05) is 48.5 Å². The molecule has 602 valence electrons. The van der Waals surface area contributed by atoms with Crippen LogP contribution in [0.25, 0.3) is 37.2 Å². The van der Waals surface area contributed by atoms with Gasteiger partial charge in [0.1, 0.15) is 39.6 Å². The molecule has 3 aliphatic heterocycles. The van der Waals surface area contributed by atoms with Crippen LogP contribution in [0.4, 0.5) is 17.1 Å². The van der Waals surface area contributed by atoms with Crippen LogP contribution in [0.2, 0.25) is 5.02 Å². The van der Waals surface area contributed by atoms with Crippen LogP contribution in [0.15, 0.2) is 148 Å². The fraction of sp³-hybridized carbons (Fsp3) is 0.434. The Labute approximate surface area is 719 Å². The van der Waals surface area contributed by atoms with Crippen molar-refractivity contribution in [3.05, 3.63) is 200 Å². The summed E-state index contributed by atoms with van der Waals surface area (Å²) in [5.41, 5.74) is 8.18. The van der Waals surface area contributed by atoms with Crippen LogP contribution in [0.1, 0.15) is 160 Å². The molecule has 4 aromatic heterocycles. The molecule has 31 heteroatoms. The van der Waals surface area contributed by atoms with Crippen LogP contribution < -0.4 is 49.9 Å². The van der Waals surface area contributed by atoms with Crippen LogP contribution in [0, 0.1) is 64.7 Å². The number of thiazole rings is 1. The molecule has 114 heavy (non-hydrogen) atoms. The Morgan fingerprint density at radius 3 is 2.17 bits per heavy atom. The Kier molecular flexibility index (Phi) is 36.8. The first-order chi connectivity index (χ1) is 54.1. The molecule has 2 fully saturated rings. The van der Waals surface area contributed by atoms with Gasteiger partial charge in [-0.25, -0.2) is 8.42 Å². The van der Waals surface area contributed by atoms with Gasteiger partial charge in [-0.05, 0) is 182 Å². The molecule has 7 heterocycles. The van der Waals surface area contributed by atoms with Crippen LogP contribution >= 0.6 is 56.9 Å². The number of anilines is 1. The first-order valence-electron chi connectivity index (χ1n) is 38.0. The summed E-state index contributed by atoms with van der Waals surface area (Å²) in [6.45, 7) is 27.5. The van der Waals surface area contributed by atoms with Gasteiger partial charge in [0.25, 0.3) is 22.9 Å². The molecule has 1 aliphatic carbocycles. The third-order valence-corrected chi connectivity index (χ3v) is 26.3. The van der Waals surface area contributed by atoms with Gasteiger partial charge in [0.15, 0.2) is 15.6 Å². The van der Waals surface area contributed by atoms with Crippen LogP contribution in [0.3, 0.4) is 0 Å². The number of carbonyl (C=O) groups is 1. The van der Waals surface area contributed by atoms with Crippen LogP contribution in [0.5, 0.6) is 11.8 Å². The SMILES string of the molecule is CCCCCS(=O)(=O)c1ccc([N+](=O)[O-])cc1[N+](=O)[O-].CCCN(CC)CC1COC2(CCC(C(C)(C)C)CC2)O1.CCCOc1nc2ccc(I)cc2c(=O)n1CCC.CC[S+]([O-])c1sc(C#N)c(Cl)c1C#N.Cc1cccc2sc3nncn3c12.O=C1CCc2cccc3c2N1CC3.[Na+].[O-]c1ccccc1-c1ccccc1. The van der Waals surface area contributed by atoms with Gasteiger partial charge in [0.05, 0.1) is 72.8 Å². The largest absolute Gasteiger partial charge is 1.00 e. The van der Waals surface area contributed by atoms with E-state index < -0.39 is 47.1 Å². The number of hydrogen-bond donors (Lipinski definition) is 0. The summed E-state index contributed by atoms with van der Waals surface area (Å²) in [5, 5.41) is 59.0. The van der Waals surface area contributed by atoms with Crippen molar-refractivity contribution in [3.8, 4) is 35.0 Å². The summed E-state index contributed by atoms with van der Waals surface area (Å²) >= 11 is 9.43. The summed E-state index contributed by atoms with van der Waals surface area (Å²) in [4.78, 5) is 53.4. The fourth-order valence-corrected chi connectivity index (χ4v) is 19.3. The summed E-state index contributed by atoms with van der Waals surface area (Å²) in [5.74, 6) is 1.14. The molecular weight excluding hydrogens is 1670 g/mol. The van der Waals surface area contributed by atoms with Crippen molar-refractivity contribution in [1.29, 1.82) is 10.5 Å². The maximum absolute atomic E-state index is 12.5. The first kappa shape index (κ1) is 93.7. The number of aryl methyl sites for hydroxylation is 2. The van der Waals surface area contributed by atoms with Crippen molar-refractivity contribution in [2.75, 3.05) is 55.8 Å². The molecule has 2 unspecified atom stereocenters. The van der Waals surface area contributed by atoms with Crippen molar-refractivity contribution in [3.63, 3.8) is 0 Å². The summed E-state index contributed by atoms with van der Waals surface area (Å²) in [7, 11) is -3.81. The molecule has 4 aliphatic rings. The predicted molar refractivity (Wildman–Crippen MR) is 454 cm³/mol. The number of halogens is 2. The number of para-hydroxylation sites is 3. The minimum atomic E-state index is -3.81. The topological polar surface area (TPSA) is 330 Å². The number of carbonyl (C=O) groups excluding carboxylic acids is 1. The second-order valence-electron chi connectivity index (χ2n) is 28.4. The Balaban J connectivity index is 0.000000185. The molecule has 2 atom stereocenters. The fourth-order valence-electron chi connectivity index (χ4n) is 13.6. The Bertz CT molecular complexity index is 5160. The van der Waals surface area contributed by atoms with E-state index in [1.165, 1.54) is 51.9 Å². The zero-order valence-corrected chi connectivity index (χ0v) is 74.7. The quantitative estimate of drug-likeness (QED) is 0.0171. The molecule has 1 amide bonds. The minimum absolute atomic E-state index is 0. The molecule has 14 rings (SSSR count). The van der Waals surface area contributed by atoms with E-state index in [9.17, 15) is 47.9 Å². The molecule has 0 radical (unpaired) electrons. The smallest absolute Gasteiger partial charge is 0.872 e. The number of rotatable bonds is 20. The number of aromatic nitrogens is 5. The molecular formula is C83H98ClIN11NaO13S4. The molecule has 6 aromatic carbocycles. The maximum Gasteiger partial charge on any atom is 1.00 e. The van der Waals surface area contributed by atoms with Gasteiger partial charge in [-0.15, -0.1) is 15.9 Å². The number of ether oxygens (including phenoxy) is 3. The minimum Gasteiger partial charge on any atom is -0.872 e. The number of benzene rings is 6. The molecule has 1 saturated carbocycles. The Morgan fingerprint density at radius 2 is 1.54 bits per heavy atom. The number of nitriles is 2. The second-order valence-corrected chi connectivity index (χ2v) is 36.1. The first-order valence-corrected chi connectivity index (χ1v) is 44.1. The van der Waals surface area contributed by atoms with Crippen LogP contribution in [-0.2, 0) is 54.7 Å². The number of likely N-dealkylation sites (N-methyl/N-ethyl adjacent to an activating group) is 1. The van der Waals surface area contributed by atoms with Crippen molar-refractivity contribution in [2.45, 2.75) is 180 Å². The molecule has 1 spiro atoms. The zero-order chi connectivity index (χ0) is 82.2. The van der Waals surface area contributed by atoms with Gasteiger partial charge in [0.2, 0.25) is 15.1 Å². The number of nitrogens with zero attached hydrogens (tertiary/aromatic N) is 11. The molecule has 0 bridgehead atoms. The summed E-state index contributed by atoms with van der Waals surface area (Å²) in [6, 6.07) is 41.9. The number of fused-ring (bicyclic) bond motifs is 4. The number of hydrogen-bond acceptors (Lipinski definition) is 21. The van der Waals surface area contributed by atoms with E-state index in [0.29, 0.717) is 76.7 Å². The van der Waals surface area contributed by atoms with Gasteiger partial charge in [-0.3, -0.25) is 38.8 Å². The van der Waals surface area contributed by atoms with E-state index in [-0.39, 0.29) is 74.0 Å². The van der Waals surface area contributed by atoms with Gasteiger partial charge in [-0.2, -0.15) is 15.5 Å². The summed E-state index contributed by atoms with van der Waals surface area (Å²) in [6.07, 6.45) is 14.2. The predicted octanol–water partition coefficient (Wildman–Crippen LogP) is 15.2. The number of nitro benzene ring substituents is 2. The standard InChI is InChI=1S/C18H35NO2.C14H17IN2O2.C12H10O.C11H14N2O6S.C11H11NO.C9H7N3S.C8H5ClN2OS2.Na/c1-6-12-19(7-2)13-16-14-20-18(21-16)10-8-15(9-11-18)17(3,4)5;1-3-7-17-13(18)11-9-10(15)5-6-12(11)16-14(17)19-8-4-2;13-12-9-5-4-8-11(12)10-6-2-1-3-7-10;1-2-3-4-7-20(18,19)11-6-5-9(12(14)15)8-10(11)13(16)17;13-10-5-4-8-2-1-3-9-6-7-12(10)11(8)9;1-6-3-2-4-7-8(6)12-5-10-11-9(12)13-7;1-2-14(12)8-5(3-10)7(9)6(4-11)13-8;/h15-16H,6-14H2,1-5H3;5-6,9H,3-4,7-8H2,1-2H3;1-9,13H;5-6,8H,2-4,7H2,1H3;1-3H,4-7H2;2-5H,1H3;2H2,1H3;/q;;;;;;;+1/p-1. The molecule has 24 nitrogen and oxygen atoms in total. The van der Waals surface area contributed by atoms with Crippen molar-refractivity contribution in [2.24, 2.45) is 11.3 Å². The van der Waals surface area contributed by atoms with E-state index in [2.05, 4.69) is 121 Å². The van der Waals surface area contributed by atoms with Crippen molar-refractivity contribution in [1.82, 2.24) is 29.0 Å². The number of thiophene rings is 1. The number of nitro groups is 2. The molecule has 10 aromatic rings. The number of non-ortho nitro benzene ring substituents is 1. The third kappa shape index (κ3) is 24.8. The van der Waals surface area contributed by atoms with E-state index in [0.717, 1.165) is 127 Å². The summed E-state index contributed by atoms with van der Waals surface area (Å²) < 4.78 is 60.0. The van der Waals surface area contributed by atoms with Crippen LogP contribution in [-0.4, -0.2) is 121 Å². The van der Waals surface area contributed by atoms with Gasteiger partial charge < -0.3 is 33.7 Å². The molecule has 1 saturated heterocycles. The van der Waals surface area contributed by atoms with Crippen molar-refractivity contribution >= 4 is 127 Å². The van der Waals surface area contributed by atoms with E-state index in [1.807, 2.05) is 103 Å². The average Bonchev–Trinajstić information content (AvgIpc) is 1.60. The Morgan fingerprint density at radius 1 is 0.833 bits per heavy atom. The monoisotopic (exact) mass is 1770 g/mol. The zero-order valence-electron chi connectivity index (χ0n) is 66.5. The normalized spacial score (nSPS) is 16.1. The van der Waals surface area contributed by atoms with Crippen molar-refractivity contribution < 1.29 is 76.5 Å². The second kappa shape index (κ2) is 44.7. The maximum atomic E-state index is 12.5. The van der Waals surface area contributed by atoms with E-state index in [4.69, 9.17) is 36.3 Å². The average molecular weight is 1770 g/mol. The Hall–Kier alpha value is -7.47. The number of sulfone groups is 1. The van der Waals surface area contributed by atoms with Gasteiger partial charge >= 0.3 is 29.6 Å². The number of amides is 1. The van der Waals surface area contributed by atoms with Gasteiger partial charge in [-0.1, -0.05) is 187 Å². The third-order valence-electron chi connectivity index (χ3n) is 19.4.